The van der Waals surface area contributed by atoms with Gasteiger partial charge in [-0.3, -0.25) is 14.3 Å². The molecule has 1 aromatic carbocycles. The number of halogens is 1. The Bertz CT molecular complexity index is 1240. The zero-order valence-corrected chi connectivity index (χ0v) is 20.4. The van der Waals surface area contributed by atoms with Crippen molar-refractivity contribution in [3.63, 3.8) is 0 Å². The Morgan fingerprint density at radius 3 is 2.97 bits per heavy atom. The number of amides is 1. The van der Waals surface area contributed by atoms with E-state index >= 15 is 0 Å². The molecule has 0 bridgehead atoms. The summed E-state index contributed by atoms with van der Waals surface area (Å²) in [6, 6.07) is 9.53. The molecule has 1 amide bonds. The van der Waals surface area contributed by atoms with Crippen molar-refractivity contribution in [2.45, 2.75) is 17.8 Å². The molecule has 0 aliphatic heterocycles. The summed E-state index contributed by atoms with van der Waals surface area (Å²) in [5.41, 5.74) is 3.18. The molecular weight excluding hydrogens is 480 g/mol. The predicted molar refractivity (Wildman–Crippen MR) is 130 cm³/mol. The van der Waals surface area contributed by atoms with Gasteiger partial charge in [0.15, 0.2) is 11.0 Å². The van der Waals surface area contributed by atoms with Gasteiger partial charge >= 0.3 is 0 Å². The van der Waals surface area contributed by atoms with Crippen LogP contribution in [0.15, 0.2) is 53.3 Å². The van der Waals surface area contributed by atoms with E-state index in [-0.39, 0.29) is 5.91 Å². The smallest absolute Gasteiger partial charge is 0.270 e. The van der Waals surface area contributed by atoms with E-state index in [0.29, 0.717) is 40.6 Å². The minimum absolute atomic E-state index is 0.212. The number of methoxy groups -OCH3 is 1. The molecule has 11 heteroatoms. The van der Waals surface area contributed by atoms with E-state index in [1.165, 1.54) is 23.1 Å². The van der Waals surface area contributed by atoms with Gasteiger partial charge in [-0.2, -0.15) is 0 Å². The monoisotopic (exact) mass is 500 g/mol. The molecule has 3 heterocycles. The van der Waals surface area contributed by atoms with Gasteiger partial charge in [0.1, 0.15) is 10.7 Å². The van der Waals surface area contributed by atoms with E-state index in [4.69, 9.17) is 16.3 Å². The fourth-order valence-corrected chi connectivity index (χ4v) is 4.95. The van der Waals surface area contributed by atoms with Gasteiger partial charge in [-0.1, -0.05) is 29.4 Å². The molecule has 0 saturated carbocycles. The zero-order valence-electron chi connectivity index (χ0n) is 18.0. The Morgan fingerprint density at radius 2 is 2.18 bits per heavy atom. The van der Waals surface area contributed by atoms with Crippen LogP contribution in [0.3, 0.4) is 0 Å². The molecule has 3 aromatic heterocycles. The van der Waals surface area contributed by atoms with Crippen molar-refractivity contribution < 1.29 is 9.53 Å². The second kappa shape index (κ2) is 10.9. The number of hydrogen-bond acceptors (Lipinski definition) is 8. The quantitative estimate of drug-likeness (QED) is 0.268. The third-order valence-electron chi connectivity index (χ3n) is 4.67. The normalized spacial score (nSPS) is 11.0. The maximum Gasteiger partial charge on any atom is 0.270 e. The van der Waals surface area contributed by atoms with Crippen LogP contribution in [0.2, 0.25) is 5.02 Å². The summed E-state index contributed by atoms with van der Waals surface area (Å²) in [6.07, 6.45) is 3.47. The lowest BCUT2D eigenvalue weighted by molar-refractivity contribution is 0.0932. The van der Waals surface area contributed by atoms with Gasteiger partial charge in [-0.25, -0.2) is 4.98 Å². The molecule has 0 unspecified atom stereocenters. The molecule has 8 nitrogen and oxygen atoms in total. The van der Waals surface area contributed by atoms with E-state index in [1.54, 1.807) is 24.9 Å². The van der Waals surface area contributed by atoms with Crippen LogP contribution in [0.25, 0.3) is 17.1 Å². The Kier molecular flexibility index (Phi) is 7.71. The van der Waals surface area contributed by atoms with E-state index in [1.807, 2.05) is 41.8 Å². The largest absolute Gasteiger partial charge is 0.383 e. The first kappa shape index (κ1) is 23.4. The highest BCUT2D eigenvalue weighted by Crippen LogP contribution is 2.32. The molecule has 0 aliphatic rings. The van der Waals surface area contributed by atoms with Gasteiger partial charge in [0.25, 0.3) is 5.91 Å². The first-order valence-electron chi connectivity index (χ1n) is 10.0. The number of carbonyl (C=O) groups excluding carboxylic acids is 1. The Morgan fingerprint density at radius 1 is 1.30 bits per heavy atom. The van der Waals surface area contributed by atoms with Gasteiger partial charge in [-0.15, -0.1) is 21.5 Å². The first-order chi connectivity index (χ1) is 16.1. The fourth-order valence-electron chi connectivity index (χ4n) is 3.05. The van der Waals surface area contributed by atoms with Crippen molar-refractivity contribution in [1.29, 1.82) is 0 Å². The average molecular weight is 501 g/mol. The highest BCUT2D eigenvalue weighted by molar-refractivity contribution is 7.98. The summed E-state index contributed by atoms with van der Waals surface area (Å²) in [7, 11) is 1.59. The molecule has 0 fully saturated rings. The lowest BCUT2D eigenvalue weighted by atomic mass is 10.2. The number of ether oxygens (including phenoxy) is 1. The number of benzene rings is 1. The molecule has 4 rings (SSSR count). The number of aromatic nitrogens is 5. The number of hydrogen-bond donors (Lipinski definition) is 1. The van der Waals surface area contributed by atoms with Crippen molar-refractivity contribution >= 4 is 40.6 Å². The molecule has 0 aliphatic carbocycles. The minimum atomic E-state index is -0.212. The lowest BCUT2D eigenvalue weighted by Crippen LogP contribution is -2.27. The molecule has 4 aromatic rings. The molecule has 0 saturated heterocycles. The van der Waals surface area contributed by atoms with Gasteiger partial charge in [0, 0.05) is 42.0 Å². The van der Waals surface area contributed by atoms with Gasteiger partial charge in [0.2, 0.25) is 0 Å². The topological polar surface area (TPSA) is 94.8 Å². The fraction of sp³-hybridized carbons (Fsp3) is 0.227. The van der Waals surface area contributed by atoms with E-state index in [9.17, 15) is 4.79 Å². The van der Waals surface area contributed by atoms with Crippen molar-refractivity contribution in [2.75, 3.05) is 20.3 Å². The summed E-state index contributed by atoms with van der Waals surface area (Å²) in [6.45, 7) is 2.91. The summed E-state index contributed by atoms with van der Waals surface area (Å²) in [5.74, 6) is 1.00. The zero-order chi connectivity index (χ0) is 23.2. The van der Waals surface area contributed by atoms with Crippen LogP contribution in [-0.2, 0) is 10.5 Å². The SMILES string of the molecule is COCCNC(=O)c1csc(CSc2nnc(-c3cccnc3)n2-c2cc(Cl)ccc2C)n1. The molecule has 170 valence electrons. The number of pyridine rings is 1. The van der Waals surface area contributed by atoms with Gasteiger partial charge in [0.05, 0.1) is 18.0 Å². The van der Waals surface area contributed by atoms with E-state index in [2.05, 4.69) is 25.5 Å². The maximum atomic E-state index is 12.2. The van der Waals surface area contributed by atoms with Crippen molar-refractivity contribution in [1.82, 2.24) is 30.0 Å². The lowest BCUT2D eigenvalue weighted by Gasteiger charge is -2.13. The van der Waals surface area contributed by atoms with Gasteiger partial charge < -0.3 is 10.1 Å². The summed E-state index contributed by atoms with van der Waals surface area (Å²) in [4.78, 5) is 20.9. The molecule has 0 atom stereocenters. The number of thioether (sulfide) groups is 1. The number of rotatable bonds is 9. The van der Waals surface area contributed by atoms with Crippen LogP contribution in [0.1, 0.15) is 21.1 Å². The third kappa shape index (κ3) is 5.59. The van der Waals surface area contributed by atoms with E-state index < -0.39 is 0 Å². The number of thiazole rings is 1. The van der Waals surface area contributed by atoms with Crippen LogP contribution >= 0.6 is 34.7 Å². The average Bonchev–Trinajstić information content (AvgIpc) is 3.47. The Balaban J connectivity index is 1.59. The summed E-state index contributed by atoms with van der Waals surface area (Å²) in [5, 5.41) is 15.5. The number of carbonyl (C=O) groups is 1. The highest BCUT2D eigenvalue weighted by Gasteiger charge is 2.19. The van der Waals surface area contributed by atoms with Crippen LogP contribution in [0.5, 0.6) is 0 Å². The second-order valence-electron chi connectivity index (χ2n) is 6.98. The Hall–Kier alpha value is -2.79. The number of nitrogens with zero attached hydrogens (tertiary/aromatic N) is 5. The number of nitrogens with one attached hydrogen (secondary N) is 1. The van der Waals surface area contributed by atoms with Crippen LogP contribution in [-0.4, -0.2) is 50.9 Å². The minimum Gasteiger partial charge on any atom is -0.383 e. The molecule has 1 N–H and O–H groups in total. The molecule has 33 heavy (non-hydrogen) atoms. The molecule has 0 radical (unpaired) electrons. The van der Waals surface area contributed by atoms with Crippen molar-refractivity contribution in [3.05, 3.63) is 69.4 Å². The maximum absolute atomic E-state index is 12.2. The predicted octanol–water partition coefficient (Wildman–Crippen LogP) is 4.42. The molecule has 0 spiro atoms. The Labute approximate surface area is 204 Å². The van der Waals surface area contributed by atoms with Crippen LogP contribution in [0, 0.1) is 6.92 Å². The van der Waals surface area contributed by atoms with Crippen LogP contribution < -0.4 is 5.32 Å². The third-order valence-corrected chi connectivity index (χ3v) is 6.87. The highest BCUT2D eigenvalue weighted by atomic mass is 35.5. The first-order valence-corrected chi connectivity index (χ1v) is 12.3. The summed E-state index contributed by atoms with van der Waals surface area (Å²) >= 11 is 9.24. The van der Waals surface area contributed by atoms with E-state index in [0.717, 1.165) is 21.8 Å². The van der Waals surface area contributed by atoms with Crippen molar-refractivity contribution in [2.24, 2.45) is 0 Å². The summed E-state index contributed by atoms with van der Waals surface area (Å²) < 4.78 is 6.94. The molecular formula is C22H21ClN6O2S2. The second-order valence-corrected chi connectivity index (χ2v) is 9.30. The van der Waals surface area contributed by atoms with Crippen molar-refractivity contribution in [3.8, 4) is 17.1 Å². The standard InChI is InChI=1S/C22H21ClN6O2S2/c1-14-5-6-16(23)10-18(14)29-20(15-4-3-7-24-11-15)27-28-22(29)33-13-19-26-17(12-32-19)21(30)25-8-9-31-2/h3-7,10-12H,8-9,13H2,1-2H3,(H,25,30). The van der Waals surface area contributed by atoms with Gasteiger partial charge in [-0.05, 0) is 36.8 Å². The number of aryl methyl sites for hydroxylation is 1. The van der Waals surface area contributed by atoms with Crippen LogP contribution in [0.4, 0.5) is 0 Å².